The highest BCUT2D eigenvalue weighted by Crippen LogP contribution is 2.40. The number of ether oxygens (including phenoxy) is 2. The van der Waals surface area contributed by atoms with Crippen molar-refractivity contribution >= 4 is 44.4 Å². The van der Waals surface area contributed by atoms with Crippen molar-refractivity contribution in [1.82, 2.24) is 9.97 Å². The predicted molar refractivity (Wildman–Crippen MR) is 130 cm³/mol. The largest absolute Gasteiger partial charge is 0.495 e. The van der Waals surface area contributed by atoms with Crippen LogP contribution in [-0.4, -0.2) is 35.0 Å². The second-order valence-corrected chi connectivity index (χ2v) is 8.05. The average molecular weight is 477 g/mol. The number of methoxy groups -OCH3 is 2. The molecule has 34 heavy (non-hydrogen) atoms. The molecule has 2 aromatic heterocycles. The minimum Gasteiger partial charge on any atom is -0.495 e. The number of carbonyl (C=O) groups excluding carboxylic acids is 1. The molecule has 0 saturated carbocycles. The lowest BCUT2D eigenvalue weighted by atomic mass is 10.2. The number of carbonyl (C=O) groups is 1. The maximum atomic E-state index is 13.3. The molecule has 0 spiro atoms. The SMILES string of the molecule is COc1ccc(OC)c2sc(N(Cc3ccccn3)C(=O)C=Cc3ccc([N+](=O)[O-])cc3)nc12. The minimum atomic E-state index is -0.469. The minimum absolute atomic E-state index is 0.0161. The number of nitro groups is 1. The van der Waals surface area contributed by atoms with Crippen molar-refractivity contribution in [3.8, 4) is 11.5 Å². The van der Waals surface area contributed by atoms with Crippen LogP contribution in [0.2, 0.25) is 0 Å². The van der Waals surface area contributed by atoms with Crippen LogP contribution in [0.25, 0.3) is 16.3 Å². The van der Waals surface area contributed by atoms with Crippen molar-refractivity contribution in [3.63, 3.8) is 0 Å². The maximum absolute atomic E-state index is 13.3. The quantitative estimate of drug-likeness (QED) is 0.203. The zero-order valence-corrected chi connectivity index (χ0v) is 19.2. The molecule has 0 saturated heterocycles. The summed E-state index contributed by atoms with van der Waals surface area (Å²) in [6, 6.07) is 15.0. The monoisotopic (exact) mass is 476 g/mol. The molecule has 2 heterocycles. The summed E-state index contributed by atoms with van der Waals surface area (Å²) in [7, 11) is 3.13. The average Bonchev–Trinajstić information content (AvgIpc) is 3.31. The summed E-state index contributed by atoms with van der Waals surface area (Å²) in [6.45, 7) is 0.203. The van der Waals surface area contributed by atoms with Crippen LogP contribution in [0.1, 0.15) is 11.3 Å². The van der Waals surface area contributed by atoms with Gasteiger partial charge in [-0.15, -0.1) is 0 Å². The molecule has 1 amide bonds. The van der Waals surface area contributed by atoms with Crippen LogP contribution in [0.5, 0.6) is 11.5 Å². The molecule has 0 aliphatic heterocycles. The van der Waals surface area contributed by atoms with Gasteiger partial charge in [-0.05, 0) is 48.0 Å². The number of aromatic nitrogens is 2. The van der Waals surface area contributed by atoms with Gasteiger partial charge in [-0.1, -0.05) is 17.4 Å². The number of pyridine rings is 1. The number of nitro benzene ring substituents is 1. The fraction of sp³-hybridized carbons (Fsp3) is 0.125. The number of rotatable bonds is 8. The number of thiazole rings is 1. The van der Waals surface area contributed by atoms with Gasteiger partial charge in [0.05, 0.1) is 31.4 Å². The van der Waals surface area contributed by atoms with E-state index < -0.39 is 4.92 Å². The van der Waals surface area contributed by atoms with Crippen LogP contribution >= 0.6 is 11.3 Å². The van der Waals surface area contributed by atoms with Crippen molar-refractivity contribution in [2.45, 2.75) is 6.54 Å². The molecule has 10 heteroatoms. The van der Waals surface area contributed by atoms with E-state index in [9.17, 15) is 14.9 Å². The van der Waals surface area contributed by atoms with Gasteiger partial charge in [0.2, 0.25) is 0 Å². The Labute approximate surface area is 199 Å². The number of hydrogen-bond acceptors (Lipinski definition) is 8. The molecule has 0 aliphatic carbocycles. The fourth-order valence-electron chi connectivity index (χ4n) is 3.25. The lowest BCUT2D eigenvalue weighted by Crippen LogP contribution is -2.29. The molecule has 0 unspecified atom stereocenters. The number of nitrogens with zero attached hydrogens (tertiary/aromatic N) is 4. The first-order valence-corrected chi connectivity index (χ1v) is 11.0. The standard InChI is InChI=1S/C24H20N4O5S/c1-32-19-11-12-20(33-2)23-22(19)26-24(34-23)27(15-17-5-3-4-14-25-17)21(29)13-8-16-6-9-18(10-7-16)28(30)31/h3-14H,15H2,1-2H3. The summed E-state index contributed by atoms with van der Waals surface area (Å²) in [6.07, 6.45) is 4.67. The summed E-state index contributed by atoms with van der Waals surface area (Å²) in [5.41, 5.74) is 1.93. The van der Waals surface area contributed by atoms with Crippen molar-refractivity contribution in [3.05, 3.63) is 88.2 Å². The Kier molecular flexibility index (Phi) is 6.79. The van der Waals surface area contributed by atoms with Gasteiger partial charge in [0.15, 0.2) is 5.13 Å². The Bertz CT molecular complexity index is 1310. The summed E-state index contributed by atoms with van der Waals surface area (Å²) >= 11 is 1.31. The number of non-ortho nitro benzene ring substituents is 1. The Morgan fingerprint density at radius 1 is 1.09 bits per heavy atom. The van der Waals surface area contributed by atoms with Gasteiger partial charge >= 0.3 is 0 Å². The number of fused-ring (bicyclic) bond motifs is 1. The van der Waals surface area contributed by atoms with Gasteiger partial charge in [0.25, 0.3) is 11.6 Å². The van der Waals surface area contributed by atoms with Gasteiger partial charge < -0.3 is 9.47 Å². The predicted octanol–water partition coefficient (Wildman–Crippen LogP) is 4.86. The lowest BCUT2D eigenvalue weighted by Gasteiger charge is -2.17. The zero-order chi connectivity index (χ0) is 24.1. The van der Waals surface area contributed by atoms with Crippen LogP contribution in [0.15, 0.2) is 66.9 Å². The Morgan fingerprint density at radius 3 is 2.47 bits per heavy atom. The van der Waals surface area contributed by atoms with E-state index in [1.807, 2.05) is 12.1 Å². The molecule has 2 aromatic carbocycles. The number of amides is 1. The molecule has 0 radical (unpaired) electrons. The molecule has 4 aromatic rings. The van der Waals surface area contributed by atoms with Crippen molar-refractivity contribution in [2.24, 2.45) is 0 Å². The van der Waals surface area contributed by atoms with Crippen LogP contribution in [0.3, 0.4) is 0 Å². The molecule has 9 nitrogen and oxygen atoms in total. The van der Waals surface area contributed by atoms with Crippen LogP contribution < -0.4 is 14.4 Å². The molecule has 0 N–H and O–H groups in total. The van der Waals surface area contributed by atoms with E-state index in [4.69, 9.17) is 9.47 Å². The normalized spacial score (nSPS) is 11.0. The number of benzene rings is 2. The van der Waals surface area contributed by atoms with Gasteiger partial charge in [0.1, 0.15) is 21.7 Å². The maximum Gasteiger partial charge on any atom is 0.269 e. The van der Waals surface area contributed by atoms with E-state index in [2.05, 4.69) is 9.97 Å². The Morgan fingerprint density at radius 2 is 1.82 bits per heavy atom. The zero-order valence-electron chi connectivity index (χ0n) is 18.4. The first-order valence-electron chi connectivity index (χ1n) is 10.2. The van der Waals surface area contributed by atoms with E-state index in [0.29, 0.717) is 33.4 Å². The molecular formula is C24H20N4O5S. The first-order chi connectivity index (χ1) is 16.5. The third-order valence-corrected chi connectivity index (χ3v) is 6.06. The topological polar surface area (TPSA) is 108 Å². The lowest BCUT2D eigenvalue weighted by molar-refractivity contribution is -0.384. The smallest absolute Gasteiger partial charge is 0.269 e. The van der Waals surface area contributed by atoms with Crippen molar-refractivity contribution < 1.29 is 19.2 Å². The summed E-state index contributed by atoms with van der Waals surface area (Å²) < 4.78 is 11.7. The summed E-state index contributed by atoms with van der Waals surface area (Å²) in [5, 5.41) is 11.3. The molecule has 0 atom stereocenters. The van der Waals surface area contributed by atoms with Crippen molar-refractivity contribution in [1.29, 1.82) is 0 Å². The van der Waals surface area contributed by atoms with Crippen LogP contribution in [0, 0.1) is 10.1 Å². The highest BCUT2D eigenvalue weighted by Gasteiger charge is 2.22. The second-order valence-electron chi connectivity index (χ2n) is 7.07. The third kappa shape index (κ3) is 4.86. The second kappa shape index (κ2) is 10.1. The Balaban J connectivity index is 1.70. The van der Waals surface area contributed by atoms with Gasteiger partial charge in [0, 0.05) is 24.4 Å². The third-order valence-electron chi connectivity index (χ3n) is 4.96. The molecular weight excluding hydrogens is 456 g/mol. The van der Waals surface area contributed by atoms with E-state index >= 15 is 0 Å². The van der Waals surface area contributed by atoms with Crippen LogP contribution in [0.4, 0.5) is 10.8 Å². The Hall–Kier alpha value is -4.31. The van der Waals surface area contributed by atoms with E-state index in [0.717, 1.165) is 4.70 Å². The molecule has 0 bridgehead atoms. The van der Waals surface area contributed by atoms with E-state index in [-0.39, 0.29) is 18.1 Å². The van der Waals surface area contributed by atoms with E-state index in [1.54, 1.807) is 56.8 Å². The summed E-state index contributed by atoms with van der Waals surface area (Å²) in [4.78, 5) is 34.2. The van der Waals surface area contributed by atoms with Gasteiger partial charge in [-0.25, -0.2) is 4.98 Å². The van der Waals surface area contributed by atoms with Gasteiger partial charge in [-0.3, -0.25) is 24.8 Å². The van der Waals surface area contributed by atoms with Crippen molar-refractivity contribution in [2.75, 3.05) is 19.1 Å². The molecule has 4 rings (SSSR count). The fourth-order valence-corrected chi connectivity index (χ4v) is 4.33. The molecule has 172 valence electrons. The first kappa shape index (κ1) is 22.9. The molecule has 0 fully saturated rings. The van der Waals surface area contributed by atoms with Crippen LogP contribution in [-0.2, 0) is 11.3 Å². The number of hydrogen-bond donors (Lipinski definition) is 0. The van der Waals surface area contributed by atoms with E-state index in [1.165, 1.54) is 34.4 Å². The summed E-state index contributed by atoms with van der Waals surface area (Å²) in [5.74, 6) is 0.886. The highest BCUT2D eigenvalue weighted by molar-refractivity contribution is 7.22. The highest BCUT2D eigenvalue weighted by atomic mass is 32.1. The molecule has 0 aliphatic rings. The van der Waals surface area contributed by atoms with Gasteiger partial charge in [-0.2, -0.15) is 0 Å². The number of anilines is 1.